The lowest BCUT2D eigenvalue weighted by molar-refractivity contribution is -0.0471. The van der Waals surface area contributed by atoms with Crippen molar-refractivity contribution in [2.75, 3.05) is 0 Å². The lowest BCUT2D eigenvalue weighted by atomic mass is 9.74. The van der Waals surface area contributed by atoms with E-state index in [9.17, 15) is 17.3 Å². The summed E-state index contributed by atoms with van der Waals surface area (Å²) in [6.07, 6.45) is 7.58. The van der Waals surface area contributed by atoms with Gasteiger partial charge in [0.1, 0.15) is 17.4 Å². The van der Waals surface area contributed by atoms with Gasteiger partial charge in [-0.3, -0.25) is 0 Å². The van der Waals surface area contributed by atoms with E-state index in [1.54, 1.807) is 0 Å². The van der Waals surface area contributed by atoms with Crippen LogP contribution in [-0.2, 0) is 4.74 Å². The van der Waals surface area contributed by atoms with Crippen LogP contribution >= 0.6 is 0 Å². The van der Waals surface area contributed by atoms with E-state index in [4.69, 9.17) is 4.74 Å². The summed E-state index contributed by atoms with van der Waals surface area (Å²) in [6, 6.07) is 0. The predicted molar refractivity (Wildman–Crippen MR) is 66.7 cm³/mol. The van der Waals surface area contributed by atoms with Gasteiger partial charge in [0.15, 0.2) is 0 Å². The maximum Gasteiger partial charge on any atom is 0.673 e. The van der Waals surface area contributed by atoms with Crippen molar-refractivity contribution in [1.82, 2.24) is 0 Å². The van der Waals surface area contributed by atoms with Gasteiger partial charge in [-0.15, -0.1) is 0 Å². The Balaban J connectivity index is 0.000000232. The minimum absolute atomic E-state index is 0.265. The molecule has 0 N–H and O–H groups in total. The second-order valence-corrected chi connectivity index (χ2v) is 6.93. The SMILES string of the molecule is CC(C)(C)[C+]1O[C@@H]2C[C@@H]3CC[C@H]1[C@@H]3C2.F[B-](F)(F)F. The van der Waals surface area contributed by atoms with Gasteiger partial charge in [0.25, 0.3) is 0 Å². The molecule has 3 fully saturated rings. The summed E-state index contributed by atoms with van der Waals surface area (Å²) in [6.45, 7) is 6.92. The first-order valence-corrected chi connectivity index (χ1v) is 6.97. The molecule has 2 saturated carbocycles. The monoisotopic (exact) mass is 280 g/mol. The van der Waals surface area contributed by atoms with Crippen molar-refractivity contribution in [2.45, 2.75) is 52.6 Å². The minimum Gasteiger partial charge on any atom is -0.418 e. The van der Waals surface area contributed by atoms with E-state index in [1.807, 2.05) is 0 Å². The molecule has 0 spiro atoms. The van der Waals surface area contributed by atoms with Crippen molar-refractivity contribution < 1.29 is 22.0 Å². The van der Waals surface area contributed by atoms with Gasteiger partial charge in [-0.25, -0.2) is 0 Å². The highest BCUT2D eigenvalue weighted by molar-refractivity contribution is 6.50. The van der Waals surface area contributed by atoms with Crippen molar-refractivity contribution in [3.8, 4) is 0 Å². The zero-order chi connectivity index (χ0) is 14.4. The van der Waals surface area contributed by atoms with Crippen LogP contribution in [0.1, 0.15) is 46.5 Å². The zero-order valence-corrected chi connectivity index (χ0v) is 11.6. The molecular formula is C13H21BF4O. The lowest BCUT2D eigenvalue weighted by Gasteiger charge is -2.30. The van der Waals surface area contributed by atoms with Crippen LogP contribution in [-0.4, -0.2) is 13.4 Å². The predicted octanol–water partition coefficient (Wildman–Crippen LogP) is 4.70. The molecule has 1 nitrogen and oxygen atoms in total. The third kappa shape index (κ3) is 3.58. The molecule has 4 atom stereocenters. The van der Waals surface area contributed by atoms with E-state index in [0.717, 1.165) is 17.8 Å². The average Bonchev–Trinajstić information content (AvgIpc) is 2.65. The Morgan fingerprint density at radius 1 is 1.05 bits per heavy atom. The number of hydrogen-bond acceptors (Lipinski definition) is 1. The summed E-state index contributed by atoms with van der Waals surface area (Å²) in [4.78, 5) is 0. The summed E-state index contributed by atoms with van der Waals surface area (Å²) in [5.41, 5.74) is 0.265. The molecule has 6 heteroatoms. The highest BCUT2D eigenvalue weighted by Gasteiger charge is 2.62. The molecule has 1 aliphatic heterocycles. The maximum atomic E-state index is 9.75. The van der Waals surface area contributed by atoms with Crippen molar-refractivity contribution >= 4 is 7.25 Å². The van der Waals surface area contributed by atoms with Gasteiger partial charge in [-0.2, -0.15) is 4.74 Å². The van der Waals surface area contributed by atoms with Crippen molar-refractivity contribution in [3.63, 3.8) is 0 Å². The minimum atomic E-state index is -6.00. The maximum absolute atomic E-state index is 9.75. The molecule has 2 bridgehead atoms. The van der Waals surface area contributed by atoms with Crippen molar-refractivity contribution in [3.05, 3.63) is 6.10 Å². The lowest BCUT2D eigenvalue weighted by Crippen LogP contribution is -2.36. The fraction of sp³-hybridized carbons (Fsp3) is 0.923. The Morgan fingerprint density at radius 2 is 1.63 bits per heavy atom. The van der Waals surface area contributed by atoms with E-state index in [1.165, 1.54) is 31.8 Å². The standard InChI is InChI=1S/C13H21O.BF4/c1-13(2,3)12-10-5-4-8-6-9(14-12)7-11(8)10;2-1(3,4)5/h8-11H,4-7H2,1-3H3;/q+1;-1/t8-,9+,10-,11+;/m0./s1. The number of fused-ring (bicyclic) bond motifs is 1. The molecule has 3 rings (SSSR count). The van der Waals surface area contributed by atoms with E-state index < -0.39 is 7.25 Å². The highest BCUT2D eigenvalue weighted by atomic mass is 19.5. The van der Waals surface area contributed by atoms with Crippen LogP contribution < -0.4 is 0 Å². The summed E-state index contributed by atoms with van der Waals surface area (Å²) in [7, 11) is -6.00. The van der Waals surface area contributed by atoms with Gasteiger partial charge in [0.05, 0.1) is 0 Å². The van der Waals surface area contributed by atoms with E-state index in [2.05, 4.69) is 20.8 Å². The van der Waals surface area contributed by atoms with Gasteiger partial charge < -0.3 is 17.3 Å². The normalized spacial score (nSPS) is 37.1. The molecule has 19 heavy (non-hydrogen) atoms. The Kier molecular flexibility index (Phi) is 3.84. The Bertz CT molecular complexity index is 318. The fourth-order valence-corrected chi connectivity index (χ4v) is 3.96. The number of halogens is 4. The molecule has 3 aliphatic rings. The molecule has 2 aliphatic carbocycles. The third-order valence-corrected chi connectivity index (χ3v) is 4.44. The topological polar surface area (TPSA) is 9.23 Å². The molecule has 1 heterocycles. The van der Waals surface area contributed by atoms with Crippen LogP contribution in [0.25, 0.3) is 0 Å². The average molecular weight is 280 g/mol. The van der Waals surface area contributed by atoms with E-state index in [0.29, 0.717) is 6.10 Å². The van der Waals surface area contributed by atoms with Crippen LogP contribution in [0, 0.1) is 29.3 Å². The van der Waals surface area contributed by atoms with Gasteiger partial charge >= 0.3 is 7.25 Å². The number of rotatable bonds is 0. The second-order valence-electron chi connectivity index (χ2n) is 6.93. The Morgan fingerprint density at radius 3 is 2.16 bits per heavy atom. The summed E-state index contributed by atoms with van der Waals surface area (Å²) in [5.74, 6) is 2.80. The first-order chi connectivity index (χ1) is 8.55. The summed E-state index contributed by atoms with van der Waals surface area (Å²) >= 11 is 0. The summed E-state index contributed by atoms with van der Waals surface area (Å²) in [5, 5.41) is 0. The van der Waals surface area contributed by atoms with Crippen LogP contribution in [0.15, 0.2) is 0 Å². The second kappa shape index (κ2) is 4.87. The smallest absolute Gasteiger partial charge is 0.418 e. The van der Waals surface area contributed by atoms with Gasteiger partial charge in [-0.1, -0.05) is 0 Å². The molecule has 0 aromatic carbocycles. The first-order valence-electron chi connectivity index (χ1n) is 6.97. The molecule has 0 aromatic rings. The van der Waals surface area contributed by atoms with Crippen LogP contribution in [0.3, 0.4) is 0 Å². The van der Waals surface area contributed by atoms with Crippen molar-refractivity contribution in [1.29, 1.82) is 0 Å². The molecule has 0 amide bonds. The Labute approximate surface area is 112 Å². The molecule has 0 radical (unpaired) electrons. The van der Waals surface area contributed by atoms with Gasteiger partial charge in [0.2, 0.25) is 6.10 Å². The van der Waals surface area contributed by atoms with Crippen LogP contribution in [0.4, 0.5) is 17.3 Å². The van der Waals surface area contributed by atoms with Gasteiger partial charge in [0, 0.05) is 5.92 Å². The Hall–Kier alpha value is -0.385. The first kappa shape index (κ1) is 15.0. The van der Waals surface area contributed by atoms with Crippen LogP contribution in [0.2, 0.25) is 0 Å². The zero-order valence-electron chi connectivity index (χ0n) is 11.6. The quantitative estimate of drug-likeness (QED) is 0.355. The molecular weight excluding hydrogens is 259 g/mol. The van der Waals surface area contributed by atoms with Gasteiger partial charge in [-0.05, 0) is 52.4 Å². The summed E-state index contributed by atoms with van der Waals surface area (Å²) < 4.78 is 45.2. The molecule has 0 unspecified atom stereocenters. The third-order valence-electron chi connectivity index (χ3n) is 4.44. The van der Waals surface area contributed by atoms with Crippen LogP contribution in [0.5, 0.6) is 0 Å². The van der Waals surface area contributed by atoms with Crippen molar-refractivity contribution in [2.24, 2.45) is 23.2 Å². The number of hydrogen-bond donors (Lipinski definition) is 0. The largest absolute Gasteiger partial charge is 0.673 e. The van der Waals surface area contributed by atoms with E-state index in [-0.39, 0.29) is 5.41 Å². The number of ether oxygens (including phenoxy) is 1. The van der Waals surface area contributed by atoms with E-state index >= 15 is 0 Å². The molecule has 110 valence electrons. The molecule has 1 saturated heterocycles. The molecule has 0 aromatic heterocycles. The highest BCUT2D eigenvalue weighted by Crippen LogP contribution is 2.59. The fourth-order valence-electron chi connectivity index (χ4n) is 3.96.